The lowest BCUT2D eigenvalue weighted by Gasteiger charge is -2.16. The summed E-state index contributed by atoms with van der Waals surface area (Å²) < 4.78 is 6.47. The average Bonchev–Trinajstić information content (AvgIpc) is 3.33. The van der Waals surface area contributed by atoms with Gasteiger partial charge in [0, 0.05) is 27.8 Å². The number of esters is 1. The average molecular weight is 389 g/mol. The summed E-state index contributed by atoms with van der Waals surface area (Å²) in [5.41, 5.74) is 1.93. The van der Waals surface area contributed by atoms with Crippen molar-refractivity contribution < 1.29 is 9.53 Å². The first-order chi connectivity index (χ1) is 11.3. The minimum Gasteiger partial charge on any atom is -0.460 e. The maximum Gasteiger partial charge on any atom is 0.309 e. The summed E-state index contributed by atoms with van der Waals surface area (Å²) in [5.74, 6) is 0.906. The number of ether oxygens (including phenoxy) is 1. The number of carbonyl (C=O) groups is 1. The molecule has 2 aromatic rings. The second-order valence-electron chi connectivity index (χ2n) is 7.27. The van der Waals surface area contributed by atoms with Crippen molar-refractivity contribution in [2.75, 3.05) is 0 Å². The standard InChI is InChI=1S/C19H21BrN2O2/c1-19(2,3)18-21-9-12(10-22-18)11-24-17(23)16-8-15(16)13-4-6-14(20)7-5-13/h4-7,9-10,15-16H,8,11H2,1-3H3/t15-,16+/m0/s1. The third-order valence-electron chi connectivity index (χ3n) is 4.15. The van der Waals surface area contributed by atoms with Gasteiger partial charge in [-0.3, -0.25) is 4.79 Å². The summed E-state index contributed by atoms with van der Waals surface area (Å²) in [7, 11) is 0. The lowest BCUT2D eigenvalue weighted by Crippen LogP contribution is -2.16. The highest BCUT2D eigenvalue weighted by atomic mass is 79.9. The molecule has 0 unspecified atom stereocenters. The fraction of sp³-hybridized carbons (Fsp3) is 0.421. The fourth-order valence-electron chi connectivity index (χ4n) is 2.61. The van der Waals surface area contributed by atoms with E-state index in [-0.39, 0.29) is 29.8 Å². The molecule has 1 saturated carbocycles. The van der Waals surface area contributed by atoms with Gasteiger partial charge in [0.1, 0.15) is 12.4 Å². The molecule has 0 saturated heterocycles. The topological polar surface area (TPSA) is 52.1 Å². The number of rotatable bonds is 4. The third kappa shape index (κ3) is 4.01. The van der Waals surface area contributed by atoms with Crippen LogP contribution in [0.3, 0.4) is 0 Å². The molecule has 0 bridgehead atoms. The van der Waals surface area contributed by atoms with Crippen molar-refractivity contribution in [2.24, 2.45) is 5.92 Å². The molecule has 4 nitrogen and oxygen atoms in total. The number of carbonyl (C=O) groups excluding carboxylic acids is 1. The van der Waals surface area contributed by atoms with E-state index in [1.54, 1.807) is 12.4 Å². The summed E-state index contributed by atoms with van der Waals surface area (Å²) in [5, 5.41) is 0. The summed E-state index contributed by atoms with van der Waals surface area (Å²) in [6, 6.07) is 8.12. The molecule has 0 spiro atoms. The van der Waals surface area contributed by atoms with Gasteiger partial charge in [0.25, 0.3) is 0 Å². The van der Waals surface area contributed by atoms with Crippen molar-refractivity contribution in [1.29, 1.82) is 0 Å². The van der Waals surface area contributed by atoms with E-state index in [9.17, 15) is 4.79 Å². The molecule has 126 valence electrons. The van der Waals surface area contributed by atoms with E-state index < -0.39 is 0 Å². The van der Waals surface area contributed by atoms with E-state index >= 15 is 0 Å². The lowest BCUT2D eigenvalue weighted by molar-refractivity contribution is -0.146. The molecule has 1 aromatic carbocycles. The number of aromatic nitrogens is 2. The van der Waals surface area contributed by atoms with Crippen LogP contribution in [0.25, 0.3) is 0 Å². The third-order valence-corrected chi connectivity index (χ3v) is 4.68. The smallest absolute Gasteiger partial charge is 0.309 e. The lowest BCUT2D eigenvalue weighted by atomic mass is 9.96. The predicted octanol–water partition coefficient (Wildman–Crippen LogP) is 4.38. The van der Waals surface area contributed by atoms with Crippen LogP contribution in [0, 0.1) is 5.92 Å². The van der Waals surface area contributed by atoms with Gasteiger partial charge >= 0.3 is 5.97 Å². The van der Waals surface area contributed by atoms with Gasteiger partial charge in [-0.25, -0.2) is 9.97 Å². The van der Waals surface area contributed by atoms with Gasteiger partial charge in [0.05, 0.1) is 5.92 Å². The van der Waals surface area contributed by atoms with Crippen LogP contribution in [0.2, 0.25) is 0 Å². The predicted molar refractivity (Wildman–Crippen MR) is 95.5 cm³/mol. The van der Waals surface area contributed by atoms with Crippen LogP contribution in [-0.2, 0) is 21.6 Å². The molecular weight excluding hydrogens is 368 g/mol. The quantitative estimate of drug-likeness (QED) is 0.729. The highest BCUT2D eigenvalue weighted by Gasteiger charge is 2.45. The molecule has 24 heavy (non-hydrogen) atoms. The van der Waals surface area contributed by atoms with Gasteiger partial charge in [-0.1, -0.05) is 48.8 Å². The Balaban J connectivity index is 1.52. The second-order valence-corrected chi connectivity index (χ2v) is 8.19. The minimum atomic E-state index is -0.136. The first-order valence-electron chi connectivity index (χ1n) is 8.08. The monoisotopic (exact) mass is 388 g/mol. The van der Waals surface area contributed by atoms with Crippen molar-refractivity contribution in [3.63, 3.8) is 0 Å². The van der Waals surface area contributed by atoms with Gasteiger partial charge in [0.15, 0.2) is 0 Å². The Kier molecular flexibility index (Phi) is 4.72. The van der Waals surface area contributed by atoms with Gasteiger partial charge in [0.2, 0.25) is 0 Å². The molecule has 0 N–H and O–H groups in total. The van der Waals surface area contributed by atoms with Crippen LogP contribution in [0.4, 0.5) is 0 Å². The number of benzene rings is 1. The molecule has 0 amide bonds. The van der Waals surface area contributed by atoms with E-state index in [1.807, 2.05) is 12.1 Å². The minimum absolute atomic E-state index is 0.0269. The van der Waals surface area contributed by atoms with Gasteiger partial charge in [-0.2, -0.15) is 0 Å². The zero-order chi connectivity index (χ0) is 17.3. The van der Waals surface area contributed by atoms with Crippen molar-refractivity contribution in [2.45, 2.75) is 45.1 Å². The highest BCUT2D eigenvalue weighted by molar-refractivity contribution is 9.10. The Morgan fingerprint density at radius 2 is 1.83 bits per heavy atom. The zero-order valence-electron chi connectivity index (χ0n) is 14.1. The van der Waals surface area contributed by atoms with E-state index in [1.165, 1.54) is 5.56 Å². The molecule has 3 rings (SSSR count). The molecule has 0 radical (unpaired) electrons. The molecule has 1 heterocycles. The molecule has 1 aliphatic rings. The second kappa shape index (κ2) is 6.63. The molecule has 1 aliphatic carbocycles. The molecule has 5 heteroatoms. The molecule has 1 aromatic heterocycles. The summed E-state index contributed by atoms with van der Waals surface area (Å²) in [4.78, 5) is 20.9. The first kappa shape index (κ1) is 17.1. The Labute approximate surface area is 150 Å². The van der Waals surface area contributed by atoms with Crippen LogP contribution >= 0.6 is 15.9 Å². The first-order valence-corrected chi connectivity index (χ1v) is 8.87. The molecule has 0 aliphatic heterocycles. The van der Waals surface area contributed by atoms with E-state index in [2.05, 4.69) is 58.8 Å². The van der Waals surface area contributed by atoms with Crippen molar-refractivity contribution in [3.8, 4) is 0 Å². The van der Waals surface area contributed by atoms with Crippen molar-refractivity contribution in [1.82, 2.24) is 9.97 Å². The summed E-state index contributed by atoms with van der Waals surface area (Å²) in [6.45, 7) is 6.43. The zero-order valence-corrected chi connectivity index (χ0v) is 15.7. The van der Waals surface area contributed by atoms with Crippen LogP contribution in [-0.4, -0.2) is 15.9 Å². The Bertz CT molecular complexity index is 721. The van der Waals surface area contributed by atoms with Crippen LogP contribution < -0.4 is 0 Å². The van der Waals surface area contributed by atoms with Gasteiger partial charge in [-0.15, -0.1) is 0 Å². The van der Waals surface area contributed by atoms with E-state index in [0.717, 1.165) is 22.3 Å². The number of hydrogen-bond donors (Lipinski definition) is 0. The summed E-state index contributed by atoms with van der Waals surface area (Å²) in [6.07, 6.45) is 4.33. The SMILES string of the molecule is CC(C)(C)c1ncc(COC(=O)[C@@H]2C[C@H]2c2ccc(Br)cc2)cn1. The van der Waals surface area contributed by atoms with Crippen LogP contribution in [0.5, 0.6) is 0 Å². The van der Waals surface area contributed by atoms with E-state index in [0.29, 0.717) is 0 Å². The number of halogens is 1. The maximum atomic E-state index is 12.2. The van der Waals surface area contributed by atoms with Gasteiger partial charge in [-0.05, 0) is 30.0 Å². The Morgan fingerprint density at radius 3 is 2.42 bits per heavy atom. The number of nitrogens with zero attached hydrogens (tertiary/aromatic N) is 2. The normalized spacial score (nSPS) is 19.8. The Morgan fingerprint density at radius 1 is 1.21 bits per heavy atom. The number of hydrogen-bond acceptors (Lipinski definition) is 4. The highest BCUT2D eigenvalue weighted by Crippen LogP contribution is 2.48. The fourth-order valence-corrected chi connectivity index (χ4v) is 2.88. The van der Waals surface area contributed by atoms with Gasteiger partial charge < -0.3 is 4.74 Å². The van der Waals surface area contributed by atoms with Crippen LogP contribution in [0.1, 0.15) is 50.1 Å². The van der Waals surface area contributed by atoms with Crippen molar-refractivity contribution >= 4 is 21.9 Å². The van der Waals surface area contributed by atoms with E-state index in [4.69, 9.17) is 4.74 Å². The maximum absolute atomic E-state index is 12.2. The molecule has 1 fully saturated rings. The van der Waals surface area contributed by atoms with Crippen molar-refractivity contribution in [3.05, 3.63) is 58.1 Å². The molecular formula is C19H21BrN2O2. The summed E-state index contributed by atoms with van der Waals surface area (Å²) >= 11 is 3.42. The molecule has 2 atom stereocenters. The Hall–Kier alpha value is -1.75. The largest absolute Gasteiger partial charge is 0.460 e. The van der Waals surface area contributed by atoms with Crippen LogP contribution in [0.15, 0.2) is 41.1 Å².